The molecule has 1 aromatic rings. The van der Waals surface area contributed by atoms with Crippen LogP contribution in [0.15, 0.2) is 24.3 Å². The molecule has 0 aromatic heterocycles. The summed E-state index contributed by atoms with van der Waals surface area (Å²) in [5.74, 6) is 0. The first-order valence-electron chi connectivity index (χ1n) is 6.61. The van der Waals surface area contributed by atoms with Gasteiger partial charge >= 0.3 is 0 Å². The summed E-state index contributed by atoms with van der Waals surface area (Å²) in [6.45, 7) is 3.09. The molecule has 94 valence electrons. The van der Waals surface area contributed by atoms with Crippen LogP contribution in [0.25, 0.3) is 0 Å². The van der Waals surface area contributed by atoms with Crippen LogP contribution in [0, 0.1) is 6.92 Å². The molecule has 2 heteroatoms. The van der Waals surface area contributed by atoms with Crippen LogP contribution in [0.4, 0.5) is 0 Å². The van der Waals surface area contributed by atoms with Gasteiger partial charge in [0.15, 0.2) is 0 Å². The van der Waals surface area contributed by atoms with Crippen LogP contribution in [-0.2, 0) is 11.3 Å². The van der Waals surface area contributed by atoms with Crippen molar-refractivity contribution in [2.45, 2.75) is 51.3 Å². The average molecular weight is 233 g/mol. The molecule has 2 nitrogen and oxygen atoms in total. The lowest BCUT2D eigenvalue weighted by Gasteiger charge is -2.31. The first-order valence-corrected chi connectivity index (χ1v) is 6.61. The SMILES string of the molecule is COC1CCCCC1NCc1cccc(C)c1. The van der Waals surface area contributed by atoms with Gasteiger partial charge in [-0.25, -0.2) is 0 Å². The van der Waals surface area contributed by atoms with E-state index >= 15 is 0 Å². The van der Waals surface area contributed by atoms with E-state index in [-0.39, 0.29) is 0 Å². The smallest absolute Gasteiger partial charge is 0.0724 e. The van der Waals surface area contributed by atoms with Crippen LogP contribution in [0.5, 0.6) is 0 Å². The second-order valence-electron chi connectivity index (χ2n) is 5.04. The topological polar surface area (TPSA) is 21.3 Å². The molecule has 1 aliphatic carbocycles. The Morgan fingerprint density at radius 2 is 2.12 bits per heavy atom. The summed E-state index contributed by atoms with van der Waals surface area (Å²) in [5.41, 5.74) is 2.70. The molecule has 2 rings (SSSR count). The van der Waals surface area contributed by atoms with Gasteiger partial charge in [0.1, 0.15) is 0 Å². The molecule has 0 radical (unpaired) electrons. The number of hydrogen-bond acceptors (Lipinski definition) is 2. The molecule has 17 heavy (non-hydrogen) atoms. The monoisotopic (exact) mass is 233 g/mol. The number of ether oxygens (including phenoxy) is 1. The molecular formula is C15H23NO. The van der Waals surface area contributed by atoms with Gasteiger partial charge in [-0.05, 0) is 25.3 Å². The molecule has 0 bridgehead atoms. The number of rotatable bonds is 4. The van der Waals surface area contributed by atoms with Gasteiger partial charge in [0.05, 0.1) is 6.10 Å². The van der Waals surface area contributed by atoms with E-state index in [0.717, 1.165) is 6.54 Å². The molecule has 0 saturated heterocycles. The van der Waals surface area contributed by atoms with Crippen molar-refractivity contribution in [3.63, 3.8) is 0 Å². The van der Waals surface area contributed by atoms with Crippen molar-refractivity contribution in [3.8, 4) is 0 Å². The Kier molecular flexibility index (Phi) is 4.57. The summed E-state index contributed by atoms with van der Waals surface area (Å²) >= 11 is 0. The number of nitrogens with one attached hydrogen (secondary N) is 1. The van der Waals surface area contributed by atoms with E-state index in [0.29, 0.717) is 12.1 Å². The fourth-order valence-corrected chi connectivity index (χ4v) is 2.68. The lowest BCUT2D eigenvalue weighted by Crippen LogP contribution is -2.42. The molecule has 1 fully saturated rings. The number of benzene rings is 1. The first-order chi connectivity index (χ1) is 8.29. The van der Waals surface area contributed by atoms with Crippen molar-refractivity contribution < 1.29 is 4.74 Å². The predicted molar refractivity (Wildman–Crippen MR) is 71.1 cm³/mol. The van der Waals surface area contributed by atoms with Gasteiger partial charge < -0.3 is 10.1 Å². The van der Waals surface area contributed by atoms with Gasteiger partial charge in [-0.15, -0.1) is 0 Å². The highest BCUT2D eigenvalue weighted by molar-refractivity contribution is 5.22. The summed E-state index contributed by atoms with van der Waals surface area (Å²) < 4.78 is 5.55. The maximum absolute atomic E-state index is 5.55. The third-order valence-electron chi connectivity index (χ3n) is 3.66. The summed E-state index contributed by atoms with van der Waals surface area (Å²) in [7, 11) is 1.83. The Hall–Kier alpha value is -0.860. The molecule has 1 saturated carbocycles. The van der Waals surface area contributed by atoms with Crippen molar-refractivity contribution in [1.82, 2.24) is 5.32 Å². The Balaban J connectivity index is 1.88. The average Bonchev–Trinajstić information content (AvgIpc) is 2.37. The molecule has 1 aromatic carbocycles. The van der Waals surface area contributed by atoms with Gasteiger partial charge in [-0.2, -0.15) is 0 Å². The third-order valence-corrected chi connectivity index (χ3v) is 3.66. The quantitative estimate of drug-likeness (QED) is 0.863. The van der Waals surface area contributed by atoms with Gasteiger partial charge in [0, 0.05) is 19.7 Å². The molecule has 0 spiro atoms. The van der Waals surface area contributed by atoms with E-state index in [2.05, 4.69) is 36.5 Å². The highest BCUT2D eigenvalue weighted by Crippen LogP contribution is 2.21. The fourth-order valence-electron chi connectivity index (χ4n) is 2.68. The van der Waals surface area contributed by atoms with E-state index in [4.69, 9.17) is 4.74 Å². The van der Waals surface area contributed by atoms with Crippen LogP contribution in [0.2, 0.25) is 0 Å². The molecule has 0 heterocycles. The van der Waals surface area contributed by atoms with E-state index in [9.17, 15) is 0 Å². The third kappa shape index (κ3) is 3.55. The summed E-state index contributed by atoms with van der Waals surface area (Å²) in [6.07, 6.45) is 5.47. The normalized spacial score (nSPS) is 24.8. The summed E-state index contributed by atoms with van der Waals surface area (Å²) in [6, 6.07) is 9.22. The van der Waals surface area contributed by atoms with Gasteiger partial charge in [-0.1, -0.05) is 42.7 Å². The molecule has 2 unspecified atom stereocenters. The van der Waals surface area contributed by atoms with Crippen LogP contribution in [0.3, 0.4) is 0 Å². The van der Waals surface area contributed by atoms with Gasteiger partial charge in [0.2, 0.25) is 0 Å². The van der Waals surface area contributed by atoms with Crippen molar-refractivity contribution in [3.05, 3.63) is 35.4 Å². The number of aryl methyl sites for hydroxylation is 1. The van der Waals surface area contributed by atoms with Crippen molar-refractivity contribution in [2.75, 3.05) is 7.11 Å². The number of hydrogen-bond donors (Lipinski definition) is 1. The fraction of sp³-hybridized carbons (Fsp3) is 0.600. The largest absolute Gasteiger partial charge is 0.380 e. The highest BCUT2D eigenvalue weighted by Gasteiger charge is 2.23. The Labute approximate surface area is 104 Å². The second kappa shape index (κ2) is 6.18. The zero-order chi connectivity index (χ0) is 12.1. The van der Waals surface area contributed by atoms with Crippen LogP contribution in [0.1, 0.15) is 36.8 Å². The minimum absolute atomic E-state index is 0.397. The summed E-state index contributed by atoms with van der Waals surface area (Å²) in [5, 5.41) is 3.64. The van der Waals surface area contributed by atoms with E-state index in [1.807, 2.05) is 7.11 Å². The van der Waals surface area contributed by atoms with Crippen LogP contribution < -0.4 is 5.32 Å². The Morgan fingerprint density at radius 3 is 2.88 bits per heavy atom. The Bertz CT molecular complexity index is 351. The zero-order valence-corrected chi connectivity index (χ0v) is 10.9. The van der Waals surface area contributed by atoms with Crippen molar-refractivity contribution >= 4 is 0 Å². The number of methoxy groups -OCH3 is 1. The lowest BCUT2D eigenvalue weighted by atomic mass is 9.92. The molecule has 2 atom stereocenters. The minimum atomic E-state index is 0.397. The lowest BCUT2D eigenvalue weighted by molar-refractivity contribution is 0.0413. The minimum Gasteiger partial charge on any atom is -0.380 e. The highest BCUT2D eigenvalue weighted by atomic mass is 16.5. The molecular weight excluding hydrogens is 210 g/mol. The van der Waals surface area contributed by atoms with E-state index < -0.39 is 0 Å². The molecule has 1 aliphatic rings. The maximum Gasteiger partial charge on any atom is 0.0724 e. The summed E-state index contributed by atoms with van der Waals surface area (Å²) in [4.78, 5) is 0. The van der Waals surface area contributed by atoms with Crippen LogP contribution in [-0.4, -0.2) is 19.3 Å². The zero-order valence-electron chi connectivity index (χ0n) is 10.9. The van der Waals surface area contributed by atoms with Crippen molar-refractivity contribution in [2.24, 2.45) is 0 Å². The molecule has 0 aliphatic heterocycles. The van der Waals surface area contributed by atoms with Crippen LogP contribution >= 0.6 is 0 Å². The maximum atomic E-state index is 5.55. The standard InChI is InChI=1S/C15H23NO/c1-12-6-5-7-13(10-12)11-16-14-8-3-4-9-15(14)17-2/h5-7,10,14-16H,3-4,8-9,11H2,1-2H3. The van der Waals surface area contributed by atoms with E-state index in [1.54, 1.807) is 0 Å². The van der Waals surface area contributed by atoms with Gasteiger partial charge in [-0.3, -0.25) is 0 Å². The first kappa shape index (κ1) is 12.6. The Morgan fingerprint density at radius 1 is 1.29 bits per heavy atom. The predicted octanol–water partition coefficient (Wildman–Crippen LogP) is 3.04. The van der Waals surface area contributed by atoms with Gasteiger partial charge in [0.25, 0.3) is 0 Å². The second-order valence-corrected chi connectivity index (χ2v) is 5.04. The van der Waals surface area contributed by atoms with Crippen molar-refractivity contribution in [1.29, 1.82) is 0 Å². The van der Waals surface area contributed by atoms with E-state index in [1.165, 1.54) is 36.8 Å². The molecule has 0 amide bonds. The molecule has 1 N–H and O–H groups in total.